The normalized spacial score (nSPS) is 17.4. The molecule has 11 heteroatoms. The molecule has 1 fully saturated rings. The average Bonchev–Trinajstić information content (AvgIpc) is 0.844. The van der Waals surface area contributed by atoms with Crippen LogP contribution < -0.4 is 5.32 Å². The van der Waals surface area contributed by atoms with Gasteiger partial charge in [-0.25, -0.2) is 0 Å². The Labute approximate surface area is 594 Å². The fourth-order valence-electron chi connectivity index (χ4n) is 13.6. The molecule has 1 amide bonds. The molecule has 6 N–H and O–H groups in total. The Balaban J connectivity index is 1.83. The van der Waals surface area contributed by atoms with Crippen molar-refractivity contribution < 1.29 is 49.3 Å². The number of esters is 1. The van der Waals surface area contributed by atoms with E-state index in [2.05, 4.69) is 43.5 Å². The fraction of sp³-hybridized carbons (Fsp3) is 0.906. The van der Waals surface area contributed by atoms with Gasteiger partial charge in [-0.15, -0.1) is 0 Å². The van der Waals surface area contributed by atoms with Crippen molar-refractivity contribution in [1.29, 1.82) is 0 Å². The van der Waals surface area contributed by atoms with E-state index in [9.17, 15) is 35.1 Å². The molecular weight excluding hydrogens is 1190 g/mol. The Morgan fingerprint density at radius 3 is 1.06 bits per heavy atom. The van der Waals surface area contributed by atoms with Crippen molar-refractivity contribution in [3.05, 3.63) is 36.5 Å². The molecule has 7 atom stereocenters. The molecule has 0 aromatic heterocycles. The van der Waals surface area contributed by atoms with Crippen molar-refractivity contribution in [1.82, 2.24) is 5.32 Å². The van der Waals surface area contributed by atoms with Gasteiger partial charge in [0.05, 0.1) is 32.0 Å². The number of unbranched alkanes of at least 4 members (excludes halogenated alkanes) is 58. The van der Waals surface area contributed by atoms with Gasteiger partial charge in [-0.05, 0) is 64.2 Å². The first-order valence-corrected chi connectivity index (χ1v) is 42.3. The molecule has 96 heavy (non-hydrogen) atoms. The first-order chi connectivity index (χ1) is 47.2. The highest BCUT2D eigenvalue weighted by atomic mass is 16.7. The first-order valence-electron chi connectivity index (χ1n) is 42.3. The summed E-state index contributed by atoms with van der Waals surface area (Å²) in [5.41, 5.74) is 0. The third-order valence-electron chi connectivity index (χ3n) is 20.2. The number of amides is 1. The van der Waals surface area contributed by atoms with Crippen LogP contribution in [0.25, 0.3) is 0 Å². The lowest BCUT2D eigenvalue weighted by Crippen LogP contribution is -2.60. The molecule has 0 radical (unpaired) electrons. The minimum absolute atomic E-state index is 0.0117. The van der Waals surface area contributed by atoms with E-state index >= 15 is 0 Å². The van der Waals surface area contributed by atoms with E-state index in [1.54, 1.807) is 6.08 Å². The van der Waals surface area contributed by atoms with Gasteiger partial charge in [0.15, 0.2) is 6.29 Å². The SMILES string of the molecule is CCCCCC/C=C\C/C=C\CCCCCCCCCC(=O)OCCCCCCCCCCCCCCCCCCCCCCCCCCCCCCCCCCCCCCCCCC(=O)NC(COC1OC(CO)C(O)C(O)C1O)C(O)/C=C/CCCCCCCCCCC. The van der Waals surface area contributed by atoms with E-state index in [0.717, 1.165) is 64.2 Å². The minimum Gasteiger partial charge on any atom is -0.466 e. The maximum atomic E-state index is 13.1. The topological polar surface area (TPSA) is 175 Å². The van der Waals surface area contributed by atoms with Crippen LogP contribution in [-0.4, -0.2) is 100 Å². The third-order valence-corrected chi connectivity index (χ3v) is 20.2. The zero-order valence-electron chi connectivity index (χ0n) is 63.4. The number of aliphatic hydroxyl groups excluding tert-OH is 5. The summed E-state index contributed by atoms with van der Waals surface area (Å²) in [6.07, 6.45) is 87.8. The summed E-state index contributed by atoms with van der Waals surface area (Å²) in [6.45, 7) is 4.37. The van der Waals surface area contributed by atoms with Crippen LogP contribution in [-0.2, 0) is 23.8 Å². The van der Waals surface area contributed by atoms with E-state index < -0.39 is 49.5 Å². The van der Waals surface area contributed by atoms with E-state index in [4.69, 9.17) is 14.2 Å². The van der Waals surface area contributed by atoms with Gasteiger partial charge < -0.3 is 45.1 Å². The van der Waals surface area contributed by atoms with E-state index in [0.29, 0.717) is 19.4 Å². The average molecular weight is 1360 g/mol. The Hall–Kier alpha value is -2.12. The molecule has 1 rings (SSSR count). The molecule has 1 aliphatic rings. The van der Waals surface area contributed by atoms with E-state index in [1.165, 1.54) is 340 Å². The molecule has 0 bridgehead atoms. The standard InChI is InChI=1S/C85H161NO10/c1-3-5-7-9-11-13-15-16-17-18-43-46-49-53-57-61-65-69-73-81(90)94-74-70-66-62-58-54-50-47-44-41-39-37-35-33-31-29-27-25-23-21-19-20-22-24-26-28-30-32-34-36-38-40-42-45-48-52-56-60-64-68-72-80(89)86-77(76-95-85-84(93)83(92)82(91)79(75-87)96-85)78(88)71-67-63-59-55-51-14-12-10-8-6-4-2/h13,15,17-18,67,71,77-79,82-85,87-88,91-93H,3-12,14,16,19-66,68-70,72-76H2,1-2H3,(H,86,89)/b15-13-,18-17-,71-67+. The summed E-state index contributed by atoms with van der Waals surface area (Å²) in [7, 11) is 0. The summed E-state index contributed by atoms with van der Waals surface area (Å²) in [4.78, 5) is 25.2. The quantitative estimate of drug-likeness (QED) is 0.0195. The lowest BCUT2D eigenvalue weighted by atomic mass is 9.99. The van der Waals surface area contributed by atoms with Gasteiger partial charge in [-0.2, -0.15) is 0 Å². The van der Waals surface area contributed by atoms with Crippen molar-refractivity contribution in [3.63, 3.8) is 0 Å². The van der Waals surface area contributed by atoms with Gasteiger partial charge in [0.1, 0.15) is 24.4 Å². The summed E-state index contributed by atoms with van der Waals surface area (Å²) >= 11 is 0. The van der Waals surface area contributed by atoms with Gasteiger partial charge in [-0.3, -0.25) is 9.59 Å². The maximum absolute atomic E-state index is 13.1. The predicted octanol–water partition coefficient (Wildman–Crippen LogP) is 23.3. The van der Waals surface area contributed by atoms with Crippen LogP contribution in [0, 0.1) is 0 Å². The Kier molecular flexibility index (Phi) is 70.9. The van der Waals surface area contributed by atoms with E-state index in [-0.39, 0.29) is 18.5 Å². The highest BCUT2D eigenvalue weighted by Gasteiger charge is 2.44. The van der Waals surface area contributed by atoms with Crippen molar-refractivity contribution in [3.8, 4) is 0 Å². The van der Waals surface area contributed by atoms with Gasteiger partial charge in [0, 0.05) is 12.8 Å². The molecule has 0 spiro atoms. The monoisotopic (exact) mass is 1360 g/mol. The lowest BCUT2D eigenvalue weighted by molar-refractivity contribution is -0.302. The van der Waals surface area contributed by atoms with Crippen molar-refractivity contribution in [2.24, 2.45) is 0 Å². The summed E-state index contributed by atoms with van der Waals surface area (Å²) < 4.78 is 16.8. The number of ether oxygens (including phenoxy) is 3. The molecule has 0 saturated carbocycles. The Morgan fingerprint density at radius 2 is 0.698 bits per heavy atom. The molecule has 1 heterocycles. The van der Waals surface area contributed by atoms with Crippen LogP contribution in [0.4, 0.5) is 0 Å². The van der Waals surface area contributed by atoms with E-state index in [1.807, 2.05) is 6.08 Å². The number of carbonyl (C=O) groups excluding carboxylic acids is 2. The zero-order valence-corrected chi connectivity index (χ0v) is 63.4. The lowest BCUT2D eigenvalue weighted by Gasteiger charge is -2.40. The first kappa shape index (κ1) is 91.9. The number of aliphatic hydroxyl groups is 5. The second-order valence-electron chi connectivity index (χ2n) is 29.5. The largest absolute Gasteiger partial charge is 0.466 e. The number of rotatable bonds is 76. The van der Waals surface area contributed by atoms with Crippen LogP contribution in [0.5, 0.6) is 0 Å². The molecule has 11 nitrogen and oxygen atoms in total. The molecule has 566 valence electrons. The Bertz CT molecular complexity index is 1690. The molecule has 1 saturated heterocycles. The van der Waals surface area contributed by atoms with Gasteiger partial charge in [0.25, 0.3) is 0 Å². The number of carbonyl (C=O) groups is 2. The maximum Gasteiger partial charge on any atom is 0.305 e. The number of nitrogens with one attached hydrogen (secondary N) is 1. The smallest absolute Gasteiger partial charge is 0.305 e. The van der Waals surface area contributed by atoms with Gasteiger partial charge in [-0.1, -0.05) is 391 Å². The van der Waals surface area contributed by atoms with Crippen LogP contribution >= 0.6 is 0 Å². The van der Waals surface area contributed by atoms with Crippen LogP contribution in [0.1, 0.15) is 431 Å². The number of allylic oxidation sites excluding steroid dienone is 5. The predicted molar refractivity (Wildman–Crippen MR) is 407 cm³/mol. The number of hydrogen-bond acceptors (Lipinski definition) is 10. The molecule has 0 aromatic rings. The highest BCUT2D eigenvalue weighted by molar-refractivity contribution is 5.76. The fourth-order valence-corrected chi connectivity index (χ4v) is 13.6. The molecule has 7 unspecified atom stereocenters. The summed E-state index contributed by atoms with van der Waals surface area (Å²) in [5.74, 6) is -0.162. The zero-order chi connectivity index (χ0) is 69.4. The second-order valence-corrected chi connectivity index (χ2v) is 29.5. The van der Waals surface area contributed by atoms with Gasteiger partial charge >= 0.3 is 5.97 Å². The van der Waals surface area contributed by atoms with Crippen LogP contribution in [0.15, 0.2) is 36.5 Å². The molecular formula is C85H161NO10. The molecule has 1 aliphatic heterocycles. The summed E-state index contributed by atoms with van der Waals surface area (Å²) in [6, 6.07) is -0.804. The highest BCUT2D eigenvalue weighted by Crippen LogP contribution is 2.24. The third kappa shape index (κ3) is 61.7. The van der Waals surface area contributed by atoms with Crippen LogP contribution in [0.2, 0.25) is 0 Å². The Morgan fingerprint density at radius 1 is 0.385 bits per heavy atom. The second kappa shape index (κ2) is 74.1. The molecule has 0 aliphatic carbocycles. The van der Waals surface area contributed by atoms with Gasteiger partial charge in [0.2, 0.25) is 5.91 Å². The van der Waals surface area contributed by atoms with Crippen molar-refractivity contribution in [2.75, 3.05) is 19.8 Å². The minimum atomic E-state index is -1.57. The van der Waals surface area contributed by atoms with Crippen molar-refractivity contribution in [2.45, 2.75) is 474 Å². The summed E-state index contributed by atoms with van der Waals surface area (Å²) in [5, 5.41) is 54.5. The van der Waals surface area contributed by atoms with Crippen LogP contribution in [0.3, 0.4) is 0 Å². The molecule has 0 aromatic carbocycles. The van der Waals surface area contributed by atoms with Crippen molar-refractivity contribution >= 4 is 11.9 Å². The number of hydrogen-bond donors (Lipinski definition) is 6.